The summed E-state index contributed by atoms with van der Waals surface area (Å²) in [5.41, 5.74) is 18.4. The highest BCUT2D eigenvalue weighted by atomic mass is 32.1. The first-order valence-electron chi connectivity index (χ1n) is 24.8. The zero-order chi connectivity index (χ0) is 46.6. The Balaban J connectivity index is 1.13. The van der Waals surface area contributed by atoms with E-state index in [1.165, 1.54) is 104 Å². The third kappa shape index (κ3) is 6.10. The van der Waals surface area contributed by atoms with Crippen LogP contribution in [0.15, 0.2) is 138 Å². The fourth-order valence-corrected chi connectivity index (χ4v) is 13.7. The maximum absolute atomic E-state index is 7.34. The molecule has 5 heteroatoms. The predicted octanol–water partition coefficient (Wildman–Crippen LogP) is 17.0. The van der Waals surface area contributed by atoms with Gasteiger partial charge in [-0.3, -0.25) is 0 Å². The molecule has 335 valence electrons. The minimum Gasteiger partial charge on any atom is -0.469 e. The van der Waals surface area contributed by atoms with E-state index >= 15 is 0 Å². The molecule has 1 N–H and O–H groups in total. The number of hydrogen-bond donors (Lipinski definition) is 1. The first-order chi connectivity index (χ1) is 32.6. The molecule has 68 heavy (non-hydrogen) atoms. The third-order valence-corrected chi connectivity index (χ3v) is 17.9. The van der Waals surface area contributed by atoms with E-state index in [0.29, 0.717) is 0 Å². The van der Waals surface area contributed by atoms with Crippen LogP contribution in [-0.4, -0.2) is 7.28 Å². The third-order valence-electron chi connectivity index (χ3n) is 16.7. The molecule has 0 saturated carbocycles. The average molecular weight is 902 g/mol. The number of rotatable bonds is 4. The fraction of sp³-hybridized carbons (Fsp3) is 0.270. The van der Waals surface area contributed by atoms with Gasteiger partial charge < -0.3 is 14.6 Å². The zero-order valence-electron chi connectivity index (χ0n) is 40.9. The molecular formula is C63H58BN2OS. The first kappa shape index (κ1) is 41.9. The quantitative estimate of drug-likeness (QED) is 0.178. The summed E-state index contributed by atoms with van der Waals surface area (Å²) in [6, 6.07) is 50.5. The molecule has 0 unspecified atom stereocenters. The number of anilines is 5. The molecule has 3 nitrogen and oxygen atoms in total. The summed E-state index contributed by atoms with van der Waals surface area (Å²) >= 11 is 1.86. The lowest BCUT2D eigenvalue weighted by molar-refractivity contribution is 0.332. The second kappa shape index (κ2) is 14.4. The van der Waals surface area contributed by atoms with E-state index in [4.69, 9.17) is 4.42 Å². The van der Waals surface area contributed by atoms with E-state index in [1.54, 1.807) is 0 Å². The molecule has 2 aromatic heterocycles. The van der Waals surface area contributed by atoms with E-state index in [9.17, 15) is 0 Å². The van der Waals surface area contributed by atoms with Gasteiger partial charge in [-0.1, -0.05) is 140 Å². The number of thiophene rings is 1. The van der Waals surface area contributed by atoms with Crippen LogP contribution in [0.25, 0.3) is 63.8 Å². The molecule has 0 atom stereocenters. The highest BCUT2D eigenvalue weighted by Crippen LogP contribution is 2.54. The molecule has 10 aromatic rings. The molecule has 0 saturated heterocycles. The number of nitrogens with zero attached hydrogens (tertiary/aromatic N) is 1. The summed E-state index contributed by atoms with van der Waals surface area (Å²) in [6.45, 7) is 21.8. The van der Waals surface area contributed by atoms with Gasteiger partial charge in [-0.25, -0.2) is 0 Å². The van der Waals surface area contributed by atoms with Crippen molar-refractivity contribution in [2.75, 3.05) is 10.2 Å². The van der Waals surface area contributed by atoms with Gasteiger partial charge in [0.05, 0.1) is 11.3 Å². The molecule has 3 aliphatic rings. The van der Waals surface area contributed by atoms with Gasteiger partial charge in [0.15, 0.2) is 0 Å². The highest BCUT2D eigenvalue weighted by molar-refractivity contribution is 7.26. The number of furan rings is 1. The SMILES string of the molecule is Cc1cc2c(cc1N1c3cc4ccccc4c(-c4c(Nc5cccc6sc7ccccc7c56)ccc5ccccc45)c3[B]c3oc4cc5c(cc4c31)C(C)(C)CCC5(C)C)C(C)(C)CCC2(C)C. The number of nitrogens with one attached hydrogen (secondary N) is 1. The van der Waals surface area contributed by atoms with E-state index in [-0.39, 0.29) is 21.7 Å². The Kier molecular flexibility index (Phi) is 8.85. The van der Waals surface area contributed by atoms with Crippen LogP contribution in [0.4, 0.5) is 28.4 Å². The minimum absolute atomic E-state index is 0.0305. The van der Waals surface area contributed by atoms with Gasteiger partial charge in [-0.05, 0) is 163 Å². The van der Waals surface area contributed by atoms with Crippen LogP contribution in [-0.2, 0) is 21.7 Å². The standard InChI is InChI=1S/C63H58BN2OS/c1-36-31-43-45(62(6,7)29-27-60(43,2)3)34-49(36)66-50-32-38-18-11-13-20-40(38)56(57(50)64-59-58(66)42-33-44-46(35-51(42)67-59)63(8,9)30-28-61(44,4)5)55-39-19-12-10-17-37(39)25-26-48(55)65-47-22-16-24-53-54(47)41-21-14-15-23-52(41)68-53/h10-26,31-35,65H,27-30H2,1-9H3. The Morgan fingerprint density at radius 3 is 1.82 bits per heavy atom. The Labute approximate surface area is 405 Å². The van der Waals surface area contributed by atoms with Crippen LogP contribution in [0.5, 0.6) is 0 Å². The van der Waals surface area contributed by atoms with Crippen LogP contribution < -0.4 is 21.3 Å². The van der Waals surface area contributed by atoms with Crippen molar-refractivity contribution in [3.05, 3.63) is 161 Å². The van der Waals surface area contributed by atoms with Gasteiger partial charge in [-0.15, -0.1) is 11.3 Å². The van der Waals surface area contributed by atoms with Crippen molar-refractivity contribution in [1.82, 2.24) is 0 Å². The summed E-state index contributed by atoms with van der Waals surface area (Å²) in [6.07, 6.45) is 4.63. The summed E-state index contributed by atoms with van der Waals surface area (Å²) < 4.78 is 9.92. The Hall–Kier alpha value is -6.30. The molecule has 0 amide bonds. The Morgan fingerprint density at radius 2 is 1.10 bits per heavy atom. The van der Waals surface area contributed by atoms with E-state index < -0.39 is 0 Å². The van der Waals surface area contributed by atoms with Crippen molar-refractivity contribution < 1.29 is 4.42 Å². The molecule has 3 heterocycles. The van der Waals surface area contributed by atoms with Crippen molar-refractivity contribution in [3.63, 3.8) is 0 Å². The summed E-state index contributed by atoms with van der Waals surface area (Å²) in [5, 5.41) is 12.7. The van der Waals surface area contributed by atoms with Gasteiger partial charge in [0, 0.05) is 53.9 Å². The van der Waals surface area contributed by atoms with Gasteiger partial charge in [0.25, 0.3) is 0 Å². The van der Waals surface area contributed by atoms with Crippen LogP contribution in [0.1, 0.15) is 109 Å². The summed E-state index contributed by atoms with van der Waals surface area (Å²) in [5.74, 6) is 0. The Bertz CT molecular complexity index is 3790. The zero-order valence-corrected chi connectivity index (χ0v) is 41.7. The molecule has 1 radical (unpaired) electrons. The van der Waals surface area contributed by atoms with Crippen molar-refractivity contribution in [3.8, 4) is 11.1 Å². The van der Waals surface area contributed by atoms with Gasteiger partial charge in [0.2, 0.25) is 7.28 Å². The number of hydrogen-bond acceptors (Lipinski definition) is 4. The topological polar surface area (TPSA) is 28.4 Å². The smallest absolute Gasteiger partial charge is 0.247 e. The van der Waals surface area contributed by atoms with Crippen molar-refractivity contribution in [2.45, 2.75) is 110 Å². The summed E-state index contributed by atoms with van der Waals surface area (Å²) in [4.78, 5) is 2.61. The first-order valence-corrected chi connectivity index (χ1v) is 25.6. The monoisotopic (exact) mass is 901 g/mol. The molecule has 0 bridgehead atoms. The van der Waals surface area contributed by atoms with E-state index in [0.717, 1.165) is 53.0 Å². The van der Waals surface area contributed by atoms with Crippen LogP contribution in [0.2, 0.25) is 0 Å². The fourth-order valence-electron chi connectivity index (χ4n) is 12.6. The number of benzene rings is 8. The molecule has 0 fully saturated rings. The predicted molar refractivity (Wildman–Crippen MR) is 294 cm³/mol. The van der Waals surface area contributed by atoms with E-state index in [2.05, 4.69) is 213 Å². The van der Waals surface area contributed by atoms with Crippen LogP contribution in [0, 0.1) is 6.92 Å². The van der Waals surface area contributed by atoms with Crippen LogP contribution in [0.3, 0.4) is 0 Å². The van der Waals surface area contributed by atoms with Crippen LogP contribution >= 0.6 is 11.3 Å². The second-order valence-electron chi connectivity index (χ2n) is 22.9. The number of aryl methyl sites for hydroxylation is 1. The largest absolute Gasteiger partial charge is 0.469 e. The second-order valence-corrected chi connectivity index (χ2v) is 24.0. The molecule has 8 aromatic carbocycles. The average Bonchev–Trinajstić information content (AvgIpc) is 3.89. The van der Waals surface area contributed by atoms with Gasteiger partial charge in [0.1, 0.15) is 5.58 Å². The normalized spacial score (nSPS) is 17.5. The lowest BCUT2D eigenvalue weighted by Gasteiger charge is -2.43. The molecule has 0 spiro atoms. The lowest BCUT2D eigenvalue weighted by Crippen LogP contribution is -2.40. The lowest BCUT2D eigenvalue weighted by atomic mass is 9.60. The maximum Gasteiger partial charge on any atom is 0.247 e. The van der Waals surface area contributed by atoms with Gasteiger partial charge >= 0.3 is 0 Å². The maximum atomic E-state index is 7.34. The van der Waals surface area contributed by atoms with Crippen molar-refractivity contribution in [2.24, 2.45) is 0 Å². The van der Waals surface area contributed by atoms with Crippen molar-refractivity contribution >= 4 is 111 Å². The number of fused-ring (bicyclic) bond motifs is 11. The minimum atomic E-state index is 0.0305. The molecule has 13 rings (SSSR count). The molecule has 1 aliphatic heterocycles. The highest BCUT2D eigenvalue weighted by Gasteiger charge is 2.42. The summed E-state index contributed by atoms with van der Waals surface area (Å²) in [7, 11) is 2.39. The van der Waals surface area contributed by atoms with E-state index in [1.807, 2.05) is 11.3 Å². The van der Waals surface area contributed by atoms with Gasteiger partial charge in [-0.2, -0.15) is 0 Å². The Morgan fingerprint density at radius 1 is 0.515 bits per heavy atom. The van der Waals surface area contributed by atoms with Crippen molar-refractivity contribution in [1.29, 1.82) is 0 Å². The molecule has 2 aliphatic carbocycles. The molecular weight excluding hydrogens is 844 g/mol.